The molecule has 8 nitrogen and oxygen atoms in total. The maximum atomic E-state index is 13.7. The van der Waals surface area contributed by atoms with E-state index in [0.717, 1.165) is 60.6 Å². The number of pyridine rings is 1. The number of rotatable bonds is 6. The molecule has 1 amide bonds. The van der Waals surface area contributed by atoms with E-state index in [1.54, 1.807) is 0 Å². The third kappa shape index (κ3) is 4.33. The fraction of sp³-hybridized carbons (Fsp3) is 0.385. The standard InChI is InChI=1S/C26H31N7O/c1-4-32-17-20(15-27-32)25-14-23(22-8-6-7-9-24(22)28-25)26(34)31-12-10-30(11-13-31)16-21-18-33(5-2)29-19(21)3/h6-9,14-15,17-18H,4-5,10-13,16H2,1-3H3. The van der Waals surface area contributed by atoms with Crippen molar-refractivity contribution in [3.8, 4) is 11.3 Å². The quantitative estimate of drug-likeness (QED) is 0.442. The van der Waals surface area contributed by atoms with E-state index in [-0.39, 0.29) is 5.91 Å². The first-order valence-corrected chi connectivity index (χ1v) is 12.0. The molecule has 1 saturated heterocycles. The highest BCUT2D eigenvalue weighted by molar-refractivity contribution is 6.07. The zero-order valence-corrected chi connectivity index (χ0v) is 20.1. The second-order valence-electron chi connectivity index (χ2n) is 8.82. The molecule has 1 fully saturated rings. The first kappa shape index (κ1) is 22.3. The van der Waals surface area contributed by atoms with Crippen molar-refractivity contribution in [2.24, 2.45) is 0 Å². The number of piperazine rings is 1. The summed E-state index contributed by atoms with van der Waals surface area (Å²) < 4.78 is 3.86. The van der Waals surface area contributed by atoms with Gasteiger partial charge < -0.3 is 4.90 Å². The highest BCUT2D eigenvalue weighted by atomic mass is 16.2. The SMILES string of the molecule is CCn1cc(-c2cc(C(=O)N3CCN(Cc4cn(CC)nc4C)CC3)c3ccccc3n2)cn1. The normalized spacial score (nSPS) is 14.7. The minimum Gasteiger partial charge on any atom is -0.336 e. The Morgan fingerprint density at radius 3 is 2.47 bits per heavy atom. The molecule has 0 N–H and O–H groups in total. The Bertz CT molecular complexity index is 1310. The van der Waals surface area contributed by atoms with E-state index in [1.807, 2.05) is 57.0 Å². The molecule has 0 spiro atoms. The van der Waals surface area contributed by atoms with Crippen molar-refractivity contribution in [3.63, 3.8) is 0 Å². The van der Waals surface area contributed by atoms with Crippen molar-refractivity contribution in [2.45, 2.75) is 40.4 Å². The number of nitrogens with zero attached hydrogens (tertiary/aromatic N) is 7. The Morgan fingerprint density at radius 1 is 1.00 bits per heavy atom. The summed E-state index contributed by atoms with van der Waals surface area (Å²) in [6.07, 6.45) is 5.93. The van der Waals surface area contributed by atoms with Crippen molar-refractivity contribution in [2.75, 3.05) is 26.2 Å². The summed E-state index contributed by atoms with van der Waals surface area (Å²) in [5.41, 5.74) is 5.59. The highest BCUT2D eigenvalue weighted by Crippen LogP contribution is 2.26. The molecule has 0 unspecified atom stereocenters. The number of carbonyl (C=O) groups is 1. The summed E-state index contributed by atoms with van der Waals surface area (Å²) in [5.74, 6) is 0.0670. The average Bonchev–Trinajstić information content (AvgIpc) is 3.50. The smallest absolute Gasteiger partial charge is 0.254 e. The third-order valence-corrected chi connectivity index (χ3v) is 6.63. The summed E-state index contributed by atoms with van der Waals surface area (Å²) in [4.78, 5) is 22.9. The summed E-state index contributed by atoms with van der Waals surface area (Å²) in [7, 11) is 0. The third-order valence-electron chi connectivity index (χ3n) is 6.63. The maximum Gasteiger partial charge on any atom is 0.254 e. The first-order valence-electron chi connectivity index (χ1n) is 12.0. The van der Waals surface area contributed by atoms with Crippen molar-refractivity contribution in [3.05, 3.63) is 65.7 Å². The summed E-state index contributed by atoms with van der Waals surface area (Å²) in [6, 6.07) is 9.81. The van der Waals surface area contributed by atoms with Crippen LogP contribution in [0.15, 0.2) is 48.9 Å². The van der Waals surface area contributed by atoms with Gasteiger partial charge in [0.15, 0.2) is 0 Å². The molecule has 5 rings (SSSR count). The fourth-order valence-electron chi connectivity index (χ4n) is 4.57. The zero-order chi connectivity index (χ0) is 23.7. The molecule has 3 aromatic heterocycles. The molecule has 8 heteroatoms. The van der Waals surface area contributed by atoms with E-state index < -0.39 is 0 Å². The number of para-hydroxylation sites is 1. The molecule has 176 valence electrons. The number of hydrogen-bond donors (Lipinski definition) is 0. The molecule has 0 saturated carbocycles. The van der Waals surface area contributed by atoms with Crippen LogP contribution in [0.3, 0.4) is 0 Å². The Morgan fingerprint density at radius 2 is 1.76 bits per heavy atom. The molecule has 1 aliphatic rings. The van der Waals surface area contributed by atoms with Crippen LogP contribution in [-0.2, 0) is 19.6 Å². The highest BCUT2D eigenvalue weighted by Gasteiger charge is 2.25. The van der Waals surface area contributed by atoms with Gasteiger partial charge in [0.05, 0.1) is 28.7 Å². The Balaban J connectivity index is 1.35. The predicted octanol–water partition coefficient (Wildman–Crippen LogP) is 3.60. The van der Waals surface area contributed by atoms with Gasteiger partial charge in [0.2, 0.25) is 0 Å². The summed E-state index contributed by atoms with van der Waals surface area (Å²) >= 11 is 0. The fourth-order valence-corrected chi connectivity index (χ4v) is 4.57. The van der Waals surface area contributed by atoms with Crippen LogP contribution in [0, 0.1) is 6.92 Å². The number of fused-ring (bicyclic) bond motifs is 1. The molecule has 1 aliphatic heterocycles. The van der Waals surface area contributed by atoms with Crippen LogP contribution in [0.5, 0.6) is 0 Å². The number of hydrogen-bond acceptors (Lipinski definition) is 5. The van der Waals surface area contributed by atoms with Crippen molar-refractivity contribution in [1.82, 2.24) is 34.3 Å². The number of aromatic nitrogens is 5. The lowest BCUT2D eigenvalue weighted by atomic mass is 10.0. The first-order chi connectivity index (χ1) is 16.6. The number of carbonyl (C=O) groups excluding carboxylic acids is 1. The number of benzene rings is 1. The number of aryl methyl sites for hydroxylation is 3. The van der Waals surface area contributed by atoms with Gasteiger partial charge in [-0.2, -0.15) is 10.2 Å². The lowest BCUT2D eigenvalue weighted by molar-refractivity contribution is 0.0630. The molecule has 4 aromatic rings. The van der Waals surface area contributed by atoms with Crippen LogP contribution >= 0.6 is 0 Å². The topological polar surface area (TPSA) is 72.1 Å². The minimum atomic E-state index is 0.0670. The Kier molecular flexibility index (Phi) is 6.15. The van der Waals surface area contributed by atoms with Crippen LogP contribution in [0.4, 0.5) is 0 Å². The van der Waals surface area contributed by atoms with Gasteiger partial charge in [0.25, 0.3) is 5.91 Å². The Hall–Kier alpha value is -3.52. The van der Waals surface area contributed by atoms with E-state index in [0.29, 0.717) is 18.7 Å². The van der Waals surface area contributed by atoms with Crippen LogP contribution in [0.2, 0.25) is 0 Å². The van der Waals surface area contributed by atoms with Gasteiger partial charge in [-0.25, -0.2) is 4.98 Å². The van der Waals surface area contributed by atoms with Gasteiger partial charge in [0.1, 0.15) is 0 Å². The van der Waals surface area contributed by atoms with Gasteiger partial charge >= 0.3 is 0 Å². The van der Waals surface area contributed by atoms with Gasteiger partial charge in [-0.05, 0) is 32.9 Å². The Labute approximate surface area is 199 Å². The van der Waals surface area contributed by atoms with Gasteiger partial charge in [-0.15, -0.1) is 0 Å². The molecular weight excluding hydrogens is 426 g/mol. The predicted molar refractivity (Wildman–Crippen MR) is 132 cm³/mol. The van der Waals surface area contributed by atoms with Crippen molar-refractivity contribution in [1.29, 1.82) is 0 Å². The van der Waals surface area contributed by atoms with E-state index >= 15 is 0 Å². The molecule has 0 bridgehead atoms. The van der Waals surface area contributed by atoms with Gasteiger partial charge in [0, 0.05) is 74.7 Å². The van der Waals surface area contributed by atoms with Crippen LogP contribution in [-0.4, -0.2) is 66.4 Å². The monoisotopic (exact) mass is 457 g/mol. The molecule has 4 heterocycles. The van der Waals surface area contributed by atoms with Crippen LogP contribution in [0.1, 0.15) is 35.5 Å². The van der Waals surface area contributed by atoms with E-state index in [1.165, 1.54) is 5.56 Å². The lowest BCUT2D eigenvalue weighted by Gasteiger charge is -2.35. The molecule has 34 heavy (non-hydrogen) atoms. The number of amides is 1. The lowest BCUT2D eigenvalue weighted by Crippen LogP contribution is -2.48. The van der Waals surface area contributed by atoms with E-state index in [2.05, 4.69) is 42.1 Å². The summed E-state index contributed by atoms with van der Waals surface area (Å²) in [5, 5.41) is 9.83. The largest absolute Gasteiger partial charge is 0.336 e. The zero-order valence-electron chi connectivity index (χ0n) is 20.1. The minimum absolute atomic E-state index is 0.0670. The van der Waals surface area contributed by atoms with Crippen LogP contribution in [0.25, 0.3) is 22.2 Å². The second-order valence-corrected chi connectivity index (χ2v) is 8.82. The molecule has 0 radical (unpaired) electrons. The molecule has 0 aliphatic carbocycles. The molecule has 1 aromatic carbocycles. The average molecular weight is 458 g/mol. The second kappa shape index (κ2) is 9.38. The summed E-state index contributed by atoms with van der Waals surface area (Å²) in [6.45, 7) is 11.9. The van der Waals surface area contributed by atoms with Crippen LogP contribution < -0.4 is 0 Å². The molecular formula is C26H31N7O. The van der Waals surface area contributed by atoms with Gasteiger partial charge in [-0.1, -0.05) is 18.2 Å². The van der Waals surface area contributed by atoms with Crippen molar-refractivity contribution >= 4 is 16.8 Å². The molecule has 0 atom stereocenters. The van der Waals surface area contributed by atoms with E-state index in [9.17, 15) is 4.79 Å². The van der Waals surface area contributed by atoms with Crippen molar-refractivity contribution < 1.29 is 4.79 Å². The van der Waals surface area contributed by atoms with Gasteiger partial charge in [-0.3, -0.25) is 19.1 Å². The van der Waals surface area contributed by atoms with E-state index in [4.69, 9.17) is 4.98 Å². The maximum absolute atomic E-state index is 13.7.